The van der Waals surface area contributed by atoms with Crippen LogP contribution in [0, 0.1) is 5.92 Å². The minimum Gasteiger partial charge on any atom is -0.495 e. The van der Waals surface area contributed by atoms with Gasteiger partial charge in [-0.15, -0.1) is 0 Å². The minimum atomic E-state index is 0.229. The van der Waals surface area contributed by atoms with Crippen LogP contribution in [-0.2, 0) is 4.74 Å². The van der Waals surface area contributed by atoms with E-state index in [1.165, 1.54) is 6.42 Å². The van der Waals surface area contributed by atoms with Crippen molar-refractivity contribution < 1.29 is 14.2 Å². The van der Waals surface area contributed by atoms with E-state index in [-0.39, 0.29) is 6.04 Å². The van der Waals surface area contributed by atoms with E-state index < -0.39 is 0 Å². The SMILES string of the molecule is CCNC(c1ccc(OC)c(Br)c1OC)C1CCCOC1. The number of halogens is 1. The predicted molar refractivity (Wildman–Crippen MR) is 87.2 cm³/mol. The van der Waals surface area contributed by atoms with Crippen LogP contribution in [0.5, 0.6) is 11.5 Å². The van der Waals surface area contributed by atoms with Gasteiger partial charge in [-0.05, 0) is 47.4 Å². The molecule has 0 radical (unpaired) electrons. The van der Waals surface area contributed by atoms with E-state index >= 15 is 0 Å². The van der Waals surface area contributed by atoms with Crippen molar-refractivity contribution in [2.75, 3.05) is 34.0 Å². The zero-order valence-corrected chi connectivity index (χ0v) is 14.5. The lowest BCUT2D eigenvalue weighted by atomic mass is 9.88. The highest BCUT2D eigenvalue weighted by atomic mass is 79.9. The van der Waals surface area contributed by atoms with Gasteiger partial charge in [0.15, 0.2) is 0 Å². The monoisotopic (exact) mass is 357 g/mol. The van der Waals surface area contributed by atoms with Crippen LogP contribution < -0.4 is 14.8 Å². The first kappa shape index (κ1) is 16.6. The number of ether oxygens (including phenoxy) is 3. The third-order valence-electron chi connectivity index (χ3n) is 3.94. The molecule has 0 aromatic heterocycles. The number of benzene rings is 1. The van der Waals surface area contributed by atoms with Crippen molar-refractivity contribution in [3.63, 3.8) is 0 Å². The molecule has 4 nitrogen and oxygen atoms in total. The van der Waals surface area contributed by atoms with Gasteiger partial charge >= 0.3 is 0 Å². The van der Waals surface area contributed by atoms with Crippen LogP contribution in [0.3, 0.4) is 0 Å². The molecule has 1 N–H and O–H groups in total. The lowest BCUT2D eigenvalue weighted by molar-refractivity contribution is 0.0389. The number of nitrogens with one attached hydrogen (secondary N) is 1. The normalized spacial score (nSPS) is 20.1. The quantitative estimate of drug-likeness (QED) is 0.844. The first-order valence-electron chi connectivity index (χ1n) is 7.44. The van der Waals surface area contributed by atoms with Crippen molar-refractivity contribution in [3.05, 3.63) is 22.2 Å². The molecule has 0 amide bonds. The van der Waals surface area contributed by atoms with Crippen molar-refractivity contribution in [1.82, 2.24) is 5.32 Å². The molecule has 2 unspecified atom stereocenters. The van der Waals surface area contributed by atoms with Crippen LogP contribution in [0.2, 0.25) is 0 Å². The Labute approximate surface area is 135 Å². The van der Waals surface area contributed by atoms with Gasteiger partial charge in [-0.25, -0.2) is 0 Å². The van der Waals surface area contributed by atoms with Crippen molar-refractivity contribution in [2.45, 2.75) is 25.8 Å². The van der Waals surface area contributed by atoms with Crippen LogP contribution in [0.4, 0.5) is 0 Å². The topological polar surface area (TPSA) is 39.7 Å². The Bertz CT molecular complexity index is 461. The van der Waals surface area contributed by atoms with Gasteiger partial charge in [0.2, 0.25) is 0 Å². The van der Waals surface area contributed by atoms with Crippen LogP contribution in [-0.4, -0.2) is 34.0 Å². The molecule has 1 fully saturated rings. The Kier molecular flexibility index (Phi) is 6.33. The maximum absolute atomic E-state index is 5.66. The lowest BCUT2D eigenvalue weighted by Gasteiger charge is -2.32. The van der Waals surface area contributed by atoms with Gasteiger partial charge in [0.25, 0.3) is 0 Å². The molecular weight excluding hydrogens is 334 g/mol. The Morgan fingerprint density at radius 2 is 2.19 bits per heavy atom. The van der Waals surface area contributed by atoms with Gasteiger partial charge < -0.3 is 19.5 Å². The Morgan fingerprint density at radius 1 is 1.38 bits per heavy atom. The average Bonchev–Trinajstić information content (AvgIpc) is 2.53. The molecule has 1 aromatic rings. The third kappa shape index (κ3) is 3.71. The number of methoxy groups -OCH3 is 2. The molecule has 5 heteroatoms. The van der Waals surface area contributed by atoms with Crippen LogP contribution in [0.15, 0.2) is 16.6 Å². The fourth-order valence-electron chi connectivity index (χ4n) is 2.94. The van der Waals surface area contributed by atoms with Gasteiger partial charge in [-0.3, -0.25) is 0 Å². The summed E-state index contributed by atoms with van der Waals surface area (Å²) in [4.78, 5) is 0. The average molecular weight is 358 g/mol. The predicted octanol–water partition coefficient (Wildman–Crippen LogP) is 3.54. The highest BCUT2D eigenvalue weighted by molar-refractivity contribution is 9.10. The van der Waals surface area contributed by atoms with E-state index in [9.17, 15) is 0 Å². The maximum atomic E-state index is 5.66. The summed E-state index contributed by atoms with van der Waals surface area (Å²) < 4.78 is 17.5. The molecule has 2 rings (SSSR count). The van der Waals surface area contributed by atoms with E-state index in [2.05, 4.69) is 34.2 Å². The van der Waals surface area contributed by atoms with Gasteiger partial charge in [0.05, 0.1) is 20.8 Å². The Hall–Kier alpha value is -0.780. The number of hydrogen-bond acceptors (Lipinski definition) is 4. The summed E-state index contributed by atoms with van der Waals surface area (Å²) in [5.41, 5.74) is 1.16. The van der Waals surface area contributed by atoms with Crippen LogP contribution in [0.25, 0.3) is 0 Å². The van der Waals surface area contributed by atoms with E-state index in [1.54, 1.807) is 14.2 Å². The summed E-state index contributed by atoms with van der Waals surface area (Å²) in [6, 6.07) is 4.30. The van der Waals surface area contributed by atoms with Gasteiger partial charge in [-0.1, -0.05) is 6.92 Å². The fraction of sp³-hybridized carbons (Fsp3) is 0.625. The fourth-order valence-corrected chi connectivity index (χ4v) is 3.63. The Balaban J connectivity index is 2.36. The molecule has 0 spiro atoms. The molecule has 2 atom stereocenters. The smallest absolute Gasteiger partial charge is 0.141 e. The van der Waals surface area contributed by atoms with E-state index in [0.29, 0.717) is 5.92 Å². The second-order valence-corrected chi connectivity index (χ2v) is 6.01. The second kappa shape index (κ2) is 8.01. The second-order valence-electron chi connectivity index (χ2n) is 5.22. The zero-order chi connectivity index (χ0) is 15.2. The molecule has 0 saturated carbocycles. The summed E-state index contributed by atoms with van der Waals surface area (Å²) in [6.45, 7) is 4.71. The standard InChI is InChI=1S/C16H24BrNO3/c1-4-18-15(11-6-5-9-21-10-11)12-7-8-13(19-2)14(17)16(12)20-3/h7-8,11,15,18H,4-6,9-10H2,1-3H3. The first-order chi connectivity index (χ1) is 10.2. The van der Waals surface area contributed by atoms with Crippen molar-refractivity contribution >= 4 is 15.9 Å². The van der Waals surface area contributed by atoms with E-state index in [1.807, 2.05) is 6.07 Å². The summed E-state index contributed by atoms with van der Waals surface area (Å²) >= 11 is 3.59. The molecule has 1 heterocycles. The molecule has 118 valence electrons. The third-order valence-corrected chi connectivity index (χ3v) is 4.69. The van der Waals surface area contributed by atoms with Crippen molar-refractivity contribution in [1.29, 1.82) is 0 Å². The summed E-state index contributed by atoms with van der Waals surface area (Å²) in [5, 5.41) is 3.59. The maximum Gasteiger partial charge on any atom is 0.141 e. The van der Waals surface area contributed by atoms with E-state index in [0.717, 1.165) is 47.7 Å². The largest absolute Gasteiger partial charge is 0.495 e. The highest BCUT2D eigenvalue weighted by Crippen LogP contribution is 2.42. The minimum absolute atomic E-state index is 0.229. The van der Waals surface area contributed by atoms with Gasteiger partial charge in [0.1, 0.15) is 16.0 Å². The van der Waals surface area contributed by atoms with Crippen LogP contribution in [0.1, 0.15) is 31.4 Å². The molecule has 1 saturated heterocycles. The molecule has 0 aliphatic carbocycles. The highest BCUT2D eigenvalue weighted by Gasteiger charge is 2.28. The lowest BCUT2D eigenvalue weighted by Crippen LogP contribution is -2.33. The molecule has 0 bridgehead atoms. The number of hydrogen-bond donors (Lipinski definition) is 1. The first-order valence-corrected chi connectivity index (χ1v) is 8.23. The van der Waals surface area contributed by atoms with Gasteiger partial charge in [0, 0.05) is 24.1 Å². The number of rotatable bonds is 6. The zero-order valence-electron chi connectivity index (χ0n) is 12.9. The molecule has 1 aliphatic rings. The van der Waals surface area contributed by atoms with Crippen molar-refractivity contribution in [3.8, 4) is 11.5 Å². The molecular formula is C16H24BrNO3. The van der Waals surface area contributed by atoms with Crippen molar-refractivity contribution in [2.24, 2.45) is 5.92 Å². The summed E-state index contributed by atoms with van der Waals surface area (Å²) in [6.07, 6.45) is 2.29. The summed E-state index contributed by atoms with van der Waals surface area (Å²) in [7, 11) is 3.36. The Morgan fingerprint density at radius 3 is 2.76 bits per heavy atom. The molecule has 1 aliphatic heterocycles. The molecule has 21 heavy (non-hydrogen) atoms. The summed E-state index contributed by atoms with van der Waals surface area (Å²) in [5.74, 6) is 2.09. The van der Waals surface area contributed by atoms with Crippen LogP contribution >= 0.6 is 15.9 Å². The molecule has 1 aromatic carbocycles. The van der Waals surface area contributed by atoms with Gasteiger partial charge in [-0.2, -0.15) is 0 Å². The van der Waals surface area contributed by atoms with E-state index in [4.69, 9.17) is 14.2 Å².